The zero-order valence-corrected chi connectivity index (χ0v) is 17.9. The van der Waals surface area contributed by atoms with Crippen LogP contribution in [0.25, 0.3) is 0 Å². The third-order valence-corrected chi connectivity index (χ3v) is 3.56. The van der Waals surface area contributed by atoms with Crippen molar-refractivity contribution in [2.75, 3.05) is 13.2 Å². The topological polar surface area (TPSA) is 89.2 Å². The molecular weight excluding hydrogens is 445 g/mol. The number of hydrogen-bond donors (Lipinski definition) is 2. The summed E-state index contributed by atoms with van der Waals surface area (Å²) in [5, 5.41) is 10.5. The van der Waals surface area contributed by atoms with Crippen molar-refractivity contribution in [1.82, 2.24) is 30.4 Å². The van der Waals surface area contributed by atoms with Crippen LogP contribution in [-0.2, 0) is 20.1 Å². The molecule has 8 nitrogen and oxygen atoms in total. The first kappa shape index (κ1) is 22.1. The number of aliphatic imine (C=N–C) groups is 1. The van der Waals surface area contributed by atoms with E-state index in [0.29, 0.717) is 31.5 Å². The summed E-state index contributed by atoms with van der Waals surface area (Å²) in [6.07, 6.45) is 5.39. The Bertz CT molecular complexity index is 675. The summed E-state index contributed by atoms with van der Waals surface area (Å²) in [6, 6.07) is 3.89. The second-order valence-electron chi connectivity index (χ2n) is 5.52. The molecule has 0 aliphatic rings. The van der Waals surface area contributed by atoms with Gasteiger partial charge in [0.15, 0.2) is 5.96 Å². The summed E-state index contributed by atoms with van der Waals surface area (Å²) in [5.41, 5.74) is 0.967. The summed E-state index contributed by atoms with van der Waals surface area (Å²) >= 11 is 0. The van der Waals surface area contributed by atoms with Gasteiger partial charge in [-0.1, -0.05) is 19.4 Å². The van der Waals surface area contributed by atoms with Crippen molar-refractivity contribution in [3.63, 3.8) is 0 Å². The smallest absolute Gasteiger partial charge is 0.218 e. The van der Waals surface area contributed by atoms with E-state index >= 15 is 0 Å². The van der Waals surface area contributed by atoms with Crippen LogP contribution in [0.2, 0.25) is 0 Å². The van der Waals surface area contributed by atoms with E-state index in [9.17, 15) is 0 Å². The van der Waals surface area contributed by atoms with E-state index in [0.717, 1.165) is 30.8 Å². The number of hydrogen-bond acceptors (Lipinski definition) is 5. The third kappa shape index (κ3) is 7.14. The fraction of sp³-hybridized carbons (Fsp3) is 0.529. The number of ether oxygens (including phenoxy) is 1. The van der Waals surface area contributed by atoms with Gasteiger partial charge in [0.05, 0.1) is 19.7 Å². The molecule has 2 aromatic rings. The van der Waals surface area contributed by atoms with Crippen LogP contribution in [0, 0.1) is 0 Å². The molecule has 0 unspecified atom stereocenters. The quantitative estimate of drug-likeness (QED) is 0.252. The molecule has 0 aliphatic heterocycles. The lowest BCUT2D eigenvalue weighted by Gasteiger charge is -2.12. The Hall–Kier alpha value is -1.91. The van der Waals surface area contributed by atoms with Gasteiger partial charge >= 0.3 is 0 Å². The Balaban J connectivity index is 0.00000338. The zero-order chi connectivity index (χ0) is 17.9. The van der Waals surface area contributed by atoms with E-state index in [1.165, 1.54) is 6.33 Å². The normalized spacial score (nSPS) is 11.0. The highest BCUT2D eigenvalue weighted by Gasteiger charge is 2.06. The molecule has 0 saturated heterocycles. The highest BCUT2D eigenvalue weighted by molar-refractivity contribution is 14.0. The summed E-state index contributed by atoms with van der Waals surface area (Å²) in [4.78, 5) is 13.1. The average Bonchev–Trinajstić information content (AvgIpc) is 3.03. The number of halogens is 1. The number of guanidine groups is 1. The van der Waals surface area contributed by atoms with Crippen molar-refractivity contribution in [2.45, 2.75) is 39.8 Å². The number of aromatic nitrogens is 4. The van der Waals surface area contributed by atoms with E-state index in [1.807, 2.05) is 26.1 Å². The first-order valence-electron chi connectivity index (χ1n) is 8.66. The van der Waals surface area contributed by atoms with Crippen LogP contribution in [0.1, 0.15) is 38.1 Å². The van der Waals surface area contributed by atoms with E-state index in [1.54, 1.807) is 10.9 Å². The molecule has 2 rings (SSSR count). The minimum absolute atomic E-state index is 0. The molecule has 2 N–H and O–H groups in total. The van der Waals surface area contributed by atoms with Crippen LogP contribution in [0.3, 0.4) is 0 Å². The van der Waals surface area contributed by atoms with Crippen LogP contribution in [0.4, 0.5) is 0 Å². The van der Waals surface area contributed by atoms with E-state index in [4.69, 9.17) is 4.74 Å². The molecule has 26 heavy (non-hydrogen) atoms. The van der Waals surface area contributed by atoms with Gasteiger partial charge in [-0.2, -0.15) is 5.10 Å². The van der Waals surface area contributed by atoms with Gasteiger partial charge in [0.2, 0.25) is 5.88 Å². The van der Waals surface area contributed by atoms with Gasteiger partial charge < -0.3 is 15.4 Å². The highest BCUT2D eigenvalue weighted by atomic mass is 127. The maximum Gasteiger partial charge on any atom is 0.218 e. The number of pyridine rings is 1. The van der Waals surface area contributed by atoms with Crippen molar-refractivity contribution in [1.29, 1.82) is 0 Å². The monoisotopic (exact) mass is 473 g/mol. The van der Waals surface area contributed by atoms with Crippen molar-refractivity contribution in [3.8, 4) is 5.88 Å². The Morgan fingerprint density at radius 1 is 1.27 bits per heavy atom. The Morgan fingerprint density at radius 3 is 2.81 bits per heavy atom. The molecule has 2 aromatic heterocycles. The Morgan fingerprint density at radius 2 is 2.12 bits per heavy atom. The van der Waals surface area contributed by atoms with Crippen LogP contribution in [0.15, 0.2) is 29.6 Å². The van der Waals surface area contributed by atoms with E-state index in [2.05, 4.69) is 37.6 Å². The minimum Gasteiger partial charge on any atom is -0.477 e. The van der Waals surface area contributed by atoms with Gasteiger partial charge in [0.25, 0.3) is 0 Å². The van der Waals surface area contributed by atoms with Crippen molar-refractivity contribution >= 4 is 29.9 Å². The second-order valence-corrected chi connectivity index (χ2v) is 5.52. The molecule has 0 atom stereocenters. The van der Waals surface area contributed by atoms with Crippen molar-refractivity contribution < 1.29 is 4.74 Å². The number of nitrogens with zero attached hydrogens (tertiary/aromatic N) is 5. The molecule has 0 amide bonds. The standard InChI is InChI=1S/C17H27N7O.HI/c1-4-6-10-25-16-14(8-7-9-19-16)11-20-17(18-5-2)21-12-15-22-13-23-24(15)3;/h7-9,13H,4-6,10-12H2,1-3H3,(H2,18,20,21);1H. The fourth-order valence-electron chi connectivity index (χ4n) is 2.14. The highest BCUT2D eigenvalue weighted by Crippen LogP contribution is 2.15. The Kier molecular flexibility index (Phi) is 10.6. The van der Waals surface area contributed by atoms with Crippen LogP contribution < -0.4 is 15.4 Å². The number of nitrogens with one attached hydrogen (secondary N) is 2. The van der Waals surface area contributed by atoms with Crippen LogP contribution in [-0.4, -0.2) is 38.9 Å². The van der Waals surface area contributed by atoms with Gasteiger partial charge in [0, 0.05) is 25.4 Å². The maximum atomic E-state index is 5.76. The van der Waals surface area contributed by atoms with Gasteiger partial charge in [-0.05, 0) is 19.4 Å². The summed E-state index contributed by atoms with van der Waals surface area (Å²) < 4.78 is 7.50. The maximum absolute atomic E-state index is 5.76. The van der Waals surface area contributed by atoms with Crippen molar-refractivity contribution in [2.24, 2.45) is 12.0 Å². The SMILES string of the molecule is CCCCOc1ncccc1CN=C(NCC)NCc1ncnn1C.I. The Labute approximate surface area is 171 Å². The molecule has 0 radical (unpaired) electrons. The van der Waals surface area contributed by atoms with Crippen molar-refractivity contribution in [3.05, 3.63) is 36.0 Å². The minimum atomic E-state index is 0. The summed E-state index contributed by atoms with van der Waals surface area (Å²) in [7, 11) is 1.86. The van der Waals surface area contributed by atoms with Gasteiger partial charge in [-0.15, -0.1) is 24.0 Å². The first-order chi connectivity index (χ1) is 12.2. The van der Waals surface area contributed by atoms with Gasteiger partial charge in [-0.3, -0.25) is 4.68 Å². The van der Waals surface area contributed by atoms with Gasteiger partial charge in [0.1, 0.15) is 12.2 Å². The number of rotatable bonds is 9. The van der Waals surface area contributed by atoms with Crippen LogP contribution >= 0.6 is 24.0 Å². The molecule has 0 bridgehead atoms. The largest absolute Gasteiger partial charge is 0.477 e. The predicted molar refractivity (Wildman–Crippen MR) is 113 cm³/mol. The summed E-state index contributed by atoms with van der Waals surface area (Å²) in [6.45, 7) is 6.66. The number of unbranched alkanes of at least 4 members (excludes halogenated alkanes) is 1. The third-order valence-electron chi connectivity index (χ3n) is 3.56. The van der Waals surface area contributed by atoms with E-state index < -0.39 is 0 Å². The second kappa shape index (κ2) is 12.4. The lowest BCUT2D eigenvalue weighted by Crippen LogP contribution is -2.37. The lowest BCUT2D eigenvalue weighted by molar-refractivity contribution is 0.294. The number of aryl methyl sites for hydroxylation is 1. The molecule has 0 fully saturated rings. The first-order valence-corrected chi connectivity index (χ1v) is 8.66. The van der Waals surface area contributed by atoms with E-state index in [-0.39, 0.29) is 24.0 Å². The molecular formula is C17H28IN7O. The summed E-state index contributed by atoms with van der Waals surface area (Å²) in [5.74, 6) is 2.22. The molecule has 0 aliphatic carbocycles. The average molecular weight is 473 g/mol. The zero-order valence-electron chi connectivity index (χ0n) is 15.6. The van der Waals surface area contributed by atoms with Gasteiger partial charge in [-0.25, -0.2) is 15.0 Å². The molecule has 144 valence electrons. The molecule has 0 spiro atoms. The van der Waals surface area contributed by atoms with Crippen LogP contribution in [0.5, 0.6) is 5.88 Å². The molecule has 0 aromatic carbocycles. The molecule has 9 heteroatoms. The molecule has 0 saturated carbocycles. The molecule has 2 heterocycles. The lowest BCUT2D eigenvalue weighted by atomic mass is 10.3. The predicted octanol–water partition coefficient (Wildman–Crippen LogP) is 2.26. The fourth-order valence-corrected chi connectivity index (χ4v) is 2.14.